The molecule has 0 aliphatic rings. The number of thiophene rings is 1. The first-order valence-corrected chi connectivity index (χ1v) is 9.90. The number of carbonyl (C=O) groups is 1. The van der Waals surface area contributed by atoms with Crippen molar-refractivity contribution in [1.29, 1.82) is 5.26 Å². The molecule has 0 bridgehead atoms. The number of thioether (sulfide) groups is 1. The van der Waals surface area contributed by atoms with Gasteiger partial charge in [0, 0.05) is 6.54 Å². The first-order chi connectivity index (χ1) is 12.6. The molecule has 0 saturated heterocycles. The molecule has 27 heavy (non-hydrogen) atoms. The van der Waals surface area contributed by atoms with Gasteiger partial charge in [0.1, 0.15) is 11.1 Å². The maximum Gasteiger partial charge on any atom is 0.417 e. The Morgan fingerprint density at radius 1 is 1.41 bits per heavy atom. The Hall–Kier alpha value is -2.05. The fourth-order valence-corrected chi connectivity index (χ4v) is 3.79. The van der Waals surface area contributed by atoms with Crippen LogP contribution in [-0.2, 0) is 11.0 Å². The highest BCUT2D eigenvalue weighted by Crippen LogP contribution is 2.39. The van der Waals surface area contributed by atoms with Gasteiger partial charge in [0.05, 0.1) is 26.9 Å². The van der Waals surface area contributed by atoms with E-state index in [2.05, 4.69) is 10.3 Å². The first kappa shape index (κ1) is 21.3. The third-order valence-corrected chi connectivity index (χ3v) is 5.50. The van der Waals surface area contributed by atoms with E-state index in [0.717, 1.165) is 17.8 Å². The van der Waals surface area contributed by atoms with Crippen LogP contribution in [-0.4, -0.2) is 22.7 Å². The van der Waals surface area contributed by atoms with Gasteiger partial charge in [-0.15, -0.1) is 11.3 Å². The molecule has 0 saturated carbocycles. The number of amides is 1. The summed E-state index contributed by atoms with van der Waals surface area (Å²) in [6, 6.07) is 5.86. The molecule has 2 aromatic heterocycles. The van der Waals surface area contributed by atoms with Crippen molar-refractivity contribution in [1.82, 2.24) is 10.3 Å². The number of nitrogens with zero attached hydrogens (tertiary/aromatic N) is 2. The largest absolute Gasteiger partial charge is 0.417 e. The molecule has 1 N–H and O–H groups in total. The molecule has 2 aromatic rings. The zero-order valence-corrected chi connectivity index (χ0v) is 16.6. The van der Waals surface area contributed by atoms with E-state index in [9.17, 15) is 23.2 Å². The Balaban J connectivity index is 2.43. The van der Waals surface area contributed by atoms with Crippen LogP contribution in [0.15, 0.2) is 28.6 Å². The molecule has 2 rings (SSSR count). The number of alkyl halides is 3. The zero-order chi connectivity index (χ0) is 20.2. The van der Waals surface area contributed by atoms with Gasteiger partial charge < -0.3 is 5.32 Å². The van der Waals surface area contributed by atoms with Crippen molar-refractivity contribution in [3.8, 4) is 16.6 Å². The Labute approximate surface area is 163 Å². The van der Waals surface area contributed by atoms with E-state index in [1.807, 2.05) is 13.8 Å². The molecule has 0 aromatic carbocycles. The van der Waals surface area contributed by atoms with Crippen molar-refractivity contribution in [3.63, 3.8) is 0 Å². The number of nitriles is 1. The number of aromatic nitrogens is 1. The average Bonchev–Trinajstić information content (AvgIpc) is 3.12. The molecule has 144 valence electrons. The summed E-state index contributed by atoms with van der Waals surface area (Å²) < 4.78 is 40.4. The molecule has 0 spiro atoms. The summed E-state index contributed by atoms with van der Waals surface area (Å²) in [6.45, 7) is 5.92. The van der Waals surface area contributed by atoms with E-state index in [1.165, 1.54) is 11.3 Å². The molecular formula is C18H18F3N3OS2. The quantitative estimate of drug-likeness (QED) is 0.680. The predicted molar refractivity (Wildman–Crippen MR) is 100 cm³/mol. The van der Waals surface area contributed by atoms with Gasteiger partial charge >= 0.3 is 6.18 Å². The number of nitrogens with one attached hydrogen (secondary N) is 1. The van der Waals surface area contributed by atoms with E-state index in [4.69, 9.17) is 0 Å². The third kappa shape index (κ3) is 5.47. The van der Waals surface area contributed by atoms with Gasteiger partial charge in [-0.3, -0.25) is 4.79 Å². The zero-order valence-electron chi connectivity index (χ0n) is 14.9. The highest BCUT2D eigenvalue weighted by atomic mass is 32.2. The van der Waals surface area contributed by atoms with Crippen molar-refractivity contribution < 1.29 is 18.0 Å². The topological polar surface area (TPSA) is 65.8 Å². The van der Waals surface area contributed by atoms with Crippen LogP contribution in [0, 0.1) is 17.2 Å². The molecule has 4 nitrogen and oxygen atoms in total. The first-order valence-electron chi connectivity index (χ1n) is 8.14. The summed E-state index contributed by atoms with van der Waals surface area (Å²) in [5, 5.41) is 13.0. The lowest BCUT2D eigenvalue weighted by Crippen LogP contribution is -2.33. The van der Waals surface area contributed by atoms with E-state index in [-0.39, 0.29) is 22.5 Å². The molecule has 0 radical (unpaired) electrons. The second-order valence-electron chi connectivity index (χ2n) is 6.22. The second kappa shape index (κ2) is 8.76. The van der Waals surface area contributed by atoms with Crippen LogP contribution in [0.25, 0.3) is 10.6 Å². The molecule has 2 heterocycles. The molecule has 0 fully saturated rings. The van der Waals surface area contributed by atoms with Crippen LogP contribution in [0.4, 0.5) is 13.2 Å². The molecular weight excluding hydrogens is 395 g/mol. The summed E-state index contributed by atoms with van der Waals surface area (Å²) in [4.78, 5) is 17.0. The second-order valence-corrected chi connectivity index (χ2v) is 8.50. The van der Waals surface area contributed by atoms with Crippen molar-refractivity contribution in [2.75, 3.05) is 6.54 Å². The van der Waals surface area contributed by atoms with E-state index in [1.54, 1.807) is 30.5 Å². The highest BCUT2D eigenvalue weighted by Gasteiger charge is 2.36. The summed E-state index contributed by atoms with van der Waals surface area (Å²) in [5.74, 6) is -0.0626. The van der Waals surface area contributed by atoms with Gasteiger partial charge in [0.2, 0.25) is 5.91 Å². The minimum atomic E-state index is -4.70. The average molecular weight is 413 g/mol. The summed E-state index contributed by atoms with van der Waals surface area (Å²) in [5.41, 5.74) is -1.47. The maximum absolute atomic E-state index is 13.5. The van der Waals surface area contributed by atoms with Crippen LogP contribution in [0.3, 0.4) is 0 Å². The highest BCUT2D eigenvalue weighted by molar-refractivity contribution is 8.00. The Bertz CT molecular complexity index is 843. The number of halogens is 3. The monoisotopic (exact) mass is 413 g/mol. The van der Waals surface area contributed by atoms with E-state index < -0.39 is 22.6 Å². The van der Waals surface area contributed by atoms with Gasteiger partial charge in [-0.05, 0) is 30.4 Å². The van der Waals surface area contributed by atoms with Crippen LogP contribution in [0.5, 0.6) is 0 Å². The molecule has 0 unspecified atom stereocenters. The van der Waals surface area contributed by atoms with Gasteiger partial charge in [-0.25, -0.2) is 4.98 Å². The summed E-state index contributed by atoms with van der Waals surface area (Å²) in [6.07, 6.45) is -4.70. The standard InChI is InChI=1S/C18H18F3N3OS2/c1-10(2)9-23-16(25)11(3)27-17-12(8-22)13(18(19,20)21)7-14(24-17)15-5-4-6-26-15/h4-7,10-11H,9H2,1-3H3,(H,23,25)/t11-/m1/s1. The molecule has 9 heteroatoms. The fraction of sp³-hybridized carbons (Fsp3) is 0.389. The smallest absolute Gasteiger partial charge is 0.355 e. The van der Waals surface area contributed by atoms with E-state index >= 15 is 0 Å². The number of pyridine rings is 1. The van der Waals surface area contributed by atoms with E-state index in [0.29, 0.717) is 11.4 Å². The lowest BCUT2D eigenvalue weighted by atomic mass is 10.1. The van der Waals surface area contributed by atoms with Crippen molar-refractivity contribution >= 4 is 29.0 Å². The summed E-state index contributed by atoms with van der Waals surface area (Å²) >= 11 is 2.11. The predicted octanol–water partition coefficient (Wildman–Crippen LogP) is 4.95. The number of carbonyl (C=O) groups excluding carboxylic acids is 1. The Morgan fingerprint density at radius 2 is 2.11 bits per heavy atom. The van der Waals surface area contributed by atoms with Gasteiger partial charge in [0.25, 0.3) is 0 Å². The molecule has 1 amide bonds. The third-order valence-electron chi connectivity index (χ3n) is 3.52. The van der Waals surface area contributed by atoms with Crippen molar-refractivity contribution in [2.24, 2.45) is 5.92 Å². The SMILES string of the molecule is CC(C)CNC(=O)[C@@H](C)Sc1nc(-c2cccs2)cc(C(F)(F)F)c1C#N. The molecule has 0 aliphatic heterocycles. The van der Waals surface area contributed by atoms with Crippen LogP contribution >= 0.6 is 23.1 Å². The lowest BCUT2D eigenvalue weighted by molar-refractivity contribution is -0.138. The number of hydrogen-bond donors (Lipinski definition) is 1. The molecule has 0 aliphatic carbocycles. The minimum Gasteiger partial charge on any atom is -0.355 e. The van der Waals surface area contributed by atoms with Gasteiger partial charge in [-0.1, -0.05) is 31.7 Å². The normalized spacial score (nSPS) is 12.7. The maximum atomic E-state index is 13.5. The van der Waals surface area contributed by atoms with Crippen LogP contribution < -0.4 is 5.32 Å². The van der Waals surface area contributed by atoms with Crippen molar-refractivity contribution in [2.45, 2.75) is 37.2 Å². The van der Waals surface area contributed by atoms with Crippen molar-refractivity contribution in [3.05, 3.63) is 34.7 Å². The van der Waals surface area contributed by atoms with Crippen LogP contribution in [0.2, 0.25) is 0 Å². The lowest BCUT2D eigenvalue weighted by Gasteiger charge is -2.16. The van der Waals surface area contributed by atoms with Crippen LogP contribution in [0.1, 0.15) is 31.9 Å². The van der Waals surface area contributed by atoms with Gasteiger partial charge in [0.15, 0.2) is 0 Å². The Morgan fingerprint density at radius 3 is 2.63 bits per heavy atom. The number of rotatable bonds is 6. The molecule has 1 atom stereocenters. The van der Waals surface area contributed by atoms with Gasteiger partial charge in [-0.2, -0.15) is 18.4 Å². The minimum absolute atomic E-state index is 0.0945. The number of hydrogen-bond acceptors (Lipinski definition) is 5. The fourth-order valence-electron chi connectivity index (χ4n) is 2.16. The summed E-state index contributed by atoms with van der Waals surface area (Å²) in [7, 11) is 0. The Kier molecular flexibility index (Phi) is 6.89.